The van der Waals surface area contributed by atoms with Crippen molar-refractivity contribution in [2.24, 2.45) is 5.73 Å². The predicted octanol–water partition coefficient (Wildman–Crippen LogP) is 0.100. The molecule has 0 heterocycles. The fourth-order valence-electron chi connectivity index (χ4n) is 1.28. The molecule has 0 amide bonds. The fraction of sp³-hybridized carbons (Fsp3) is 0.364. The van der Waals surface area contributed by atoms with Crippen LogP contribution in [-0.4, -0.2) is 34.1 Å². The van der Waals surface area contributed by atoms with Crippen molar-refractivity contribution in [3.8, 4) is 0 Å². The van der Waals surface area contributed by atoms with Crippen LogP contribution in [-0.2, 0) is 14.8 Å². The van der Waals surface area contributed by atoms with Crippen LogP contribution in [0.4, 0.5) is 0 Å². The lowest BCUT2D eigenvalue weighted by Crippen LogP contribution is -2.29. The Morgan fingerprint density at radius 3 is 2.78 bits per heavy atom. The van der Waals surface area contributed by atoms with E-state index in [4.69, 9.17) is 10.5 Å². The summed E-state index contributed by atoms with van der Waals surface area (Å²) in [6.07, 6.45) is 0. The molecule has 0 saturated heterocycles. The van der Waals surface area contributed by atoms with Gasteiger partial charge in [-0.3, -0.25) is 0 Å². The van der Waals surface area contributed by atoms with Gasteiger partial charge >= 0.3 is 5.97 Å². The summed E-state index contributed by atoms with van der Waals surface area (Å²) in [7, 11) is -3.63. The van der Waals surface area contributed by atoms with E-state index < -0.39 is 16.0 Å². The number of nitrogens with two attached hydrogens (primary N) is 1. The van der Waals surface area contributed by atoms with E-state index in [-0.39, 0.29) is 30.2 Å². The third-order valence-corrected chi connectivity index (χ3v) is 3.55. The molecule has 0 fully saturated rings. The molecule has 0 unspecified atom stereocenters. The van der Waals surface area contributed by atoms with Crippen molar-refractivity contribution >= 4 is 16.0 Å². The molecule has 0 saturated carbocycles. The van der Waals surface area contributed by atoms with Gasteiger partial charge in [-0.05, 0) is 25.1 Å². The topological polar surface area (TPSA) is 98.5 Å². The third kappa shape index (κ3) is 3.80. The van der Waals surface area contributed by atoms with Crippen molar-refractivity contribution in [3.05, 3.63) is 29.8 Å². The zero-order chi connectivity index (χ0) is 13.6. The second-order valence-corrected chi connectivity index (χ2v) is 5.20. The Hall–Kier alpha value is -1.44. The van der Waals surface area contributed by atoms with Gasteiger partial charge in [-0.25, -0.2) is 17.9 Å². The summed E-state index contributed by atoms with van der Waals surface area (Å²) in [5.41, 5.74) is 5.43. The molecular formula is C11H16N2O4S. The normalized spacial score (nSPS) is 11.2. The Morgan fingerprint density at radius 1 is 1.44 bits per heavy atom. The molecule has 18 heavy (non-hydrogen) atoms. The van der Waals surface area contributed by atoms with Gasteiger partial charge in [0, 0.05) is 13.1 Å². The van der Waals surface area contributed by atoms with Crippen molar-refractivity contribution < 1.29 is 17.9 Å². The van der Waals surface area contributed by atoms with E-state index in [1.165, 1.54) is 24.3 Å². The number of esters is 1. The molecule has 0 atom stereocenters. The van der Waals surface area contributed by atoms with Crippen LogP contribution in [0.15, 0.2) is 29.2 Å². The summed E-state index contributed by atoms with van der Waals surface area (Å²) in [5, 5.41) is 0. The van der Waals surface area contributed by atoms with Gasteiger partial charge in [-0.1, -0.05) is 6.07 Å². The first-order valence-electron chi connectivity index (χ1n) is 5.48. The monoisotopic (exact) mass is 272 g/mol. The number of nitrogens with one attached hydrogen (secondary N) is 1. The summed E-state index contributed by atoms with van der Waals surface area (Å²) in [4.78, 5) is 11.5. The van der Waals surface area contributed by atoms with Gasteiger partial charge in [-0.15, -0.1) is 0 Å². The number of carbonyl (C=O) groups excluding carboxylic acids is 1. The number of ether oxygens (including phenoxy) is 1. The molecular weight excluding hydrogens is 256 g/mol. The first kappa shape index (κ1) is 14.6. The van der Waals surface area contributed by atoms with Crippen LogP contribution in [0.1, 0.15) is 17.3 Å². The Labute approximate surface area is 106 Å². The SMILES string of the molecule is CCOC(=O)c1cccc(S(=O)(=O)NCCN)c1. The molecule has 0 radical (unpaired) electrons. The highest BCUT2D eigenvalue weighted by atomic mass is 32.2. The van der Waals surface area contributed by atoms with Crippen LogP contribution in [0.25, 0.3) is 0 Å². The number of sulfonamides is 1. The van der Waals surface area contributed by atoms with Crippen molar-refractivity contribution in [2.75, 3.05) is 19.7 Å². The summed E-state index contributed by atoms with van der Waals surface area (Å²) in [5.74, 6) is -0.548. The second-order valence-electron chi connectivity index (χ2n) is 3.43. The Bertz CT molecular complexity index is 514. The Balaban J connectivity index is 2.98. The van der Waals surface area contributed by atoms with Crippen molar-refractivity contribution in [3.63, 3.8) is 0 Å². The highest BCUT2D eigenvalue weighted by Crippen LogP contribution is 2.12. The second kappa shape index (κ2) is 6.48. The van der Waals surface area contributed by atoms with Crippen molar-refractivity contribution in [2.45, 2.75) is 11.8 Å². The third-order valence-electron chi connectivity index (χ3n) is 2.09. The van der Waals surface area contributed by atoms with Crippen LogP contribution < -0.4 is 10.5 Å². The van der Waals surface area contributed by atoms with Gasteiger partial charge in [0.1, 0.15) is 0 Å². The number of rotatable bonds is 6. The average molecular weight is 272 g/mol. The molecule has 0 bridgehead atoms. The summed E-state index contributed by atoms with van der Waals surface area (Å²) >= 11 is 0. The fourth-order valence-corrected chi connectivity index (χ4v) is 2.37. The lowest BCUT2D eigenvalue weighted by Gasteiger charge is -2.07. The first-order chi connectivity index (χ1) is 8.51. The quantitative estimate of drug-likeness (QED) is 0.716. The first-order valence-corrected chi connectivity index (χ1v) is 6.96. The lowest BCUT2D eigenvalue weighted by molar-refractivity contribution is 0.0526. The van der Waals surface area contributed by atoms with E-state index in [9.17, 15) is 13.2 Å². The molecule has 1 aromatic rings. The molecule has 0 aliphatic heterocycles. The van der Waals surface area contributed by atoms with E-state index in [2.05, 4.69) is 4.72 Å². The molecule has 3 N–H and O–H groups in total. The molecule has 1 rings (SSSR count). The maximum atomic E-state index is 11.8. The number of hydrogen-bond donors (Lipinski definition) is 2. The van der Waals surface area contributed by atoms with E-state index >= 15 is 0 Å². The van der Waals surface area contributed by atoms with Gasteiger partial charge in [0.25, 0.3) is 0 Å². The largest absolute Gasteiger partial charge is 0.462 e. The molecule has 6 nitrogen and oxygen atoms in total. The Kier molecular flexibility index (Phi) is 5.26. The van der Waals surface area contributed by atoms with Crippen LogP contribution in [0.5, 0.6) is 0 Å². The van der Waals surface area contributed by atoms with Crippen molar-refractivity contribution in [1.82, 2.24) is 4.72 Å². The number of carbonyl (C=O) groups is 1. The van der Waals surface area contributed by atoms with Crippen LogP contribution >= 0.6 is 0 Å². The molecule has 0 aromatic heterocycles. The summed E-state index contributed by atoms with van der Waals surface area (Å²) in [6, 6.07) is 5.67. The number of hydrogen-bond acceptors (Lipinski definition) is 5. The maximum absolute atomic E-state index is 11.8. The predicted molar refractivity (Wildman–Crippen MR) is 66.6 cm³/mol. The Morgan fingerprint density at radius 2 is 2.17 bits per heavy atom. The molecule has 0 aliphatic rings. The minimum absolute atomic E-state index is 0.0153. The number of benzene rings is 1. The van der Waals surface area contributed by atoms with E-state index in [0.717, 1.165) is 0 Å². The highest BCUT2D eigenvalue weighted by molar-refractivity contribution is 7.89. The van der Waals surface area contributed by atoms with Crippen LogP contribution in [0.2, 0.25) is 0 Å². The zero-order valence-electron chi connectivity index (χ0n) is 10.0. The molecule has 0 spiro atoms. The van der Waals surface area contributed by atoms with Gasteiger partial charge in [0.2, 0.25) is 10.0 Å². The van der Waals surface area contributed by atoms with Crippen LogP contribution in [0.3, 0.4) is 0 Å². The molecule has 0 aliphatic carbocycles. The summed E-state index contributed by atoms with van der Waals surface area (Å²) < 4.78 is 30.7. The van der Waals surface area contributed by atoms with Gasteiger partial charge in [0.05, 0.1) is 17.1 Å². The minimum atomic E-state index is -3.63. The molecule has 7 heteroatoms. The standard InChI is InChI=1S/C11H16N2O4S/c1-2-17-11(14)9-4-3-5-10(8-9)18(15,16)13-7-6-12/h3-5,8,13H,2,6-7,12H2,1H3. The van der Waals surface area contributed by atoms with Crippen LogP contribution in [0, 0.1) is 0 Å². The maximum Gasteiger partial charge on any atom is 0.338 e. The minimum Gasteiger partial charge on any atom is -0.462 e. The summed E-state index contributed by atoms with van der Waals surface area (Å²) in [6.45, 7) is 2.27. The highest BCUT2D eigenvalue weighted by Gasteiger charge is 2.15. The van der Waals surface area contributed by atoms with Gasteiger partial charge in [0.15, 0.2) is 0 Å². The van der Waals surface area contributed by atoms with E-state index in [1.54, 1.807) is 6.92 Å². The molecule has 1 aromatic carbocycles. The average Bonchev–Trinajstić information content (AvgIpc) is 2.37. The zero-order valence-corrected chi connectivity index (χ0v) is 10.9. The van der Waals surface area contributed by atoms with Gasteiger partial charge in [-0.2, -0.15) is 0 Å². The van der Waals surface area contributed by atoms with Crippen molar-refractivity contribution in [1.29, 1.82) is 0 Å². The molecule has 100 valence electrons. The van der Waals surface area contributed by atoms with E-state index in [1.807, 2.05) is 0 Å². The van der Waals surface area contributed by atoms with Gasteiger partial charge < -0.3 is 10.5 Å². The lowest BCUT2D eigenvalue weighted by atomic mass is 10.2. The smallest absolute Gasteiger partial charge is 0.338 e. The van der Waals surface area contributed by atoms with E-state index in [0.29, 0.717) is 0 Å².